The summed E-state index contributed by atoms with van der Waals surface area (Å²) in [7, 11) is 0. The number of hydrogen-bond donors (Lipinski definition) is 1. The molecular weight excluding hydrogens is 246 g/mol. The predicted octanol–water partition coefficient (Wildman–Crippen LogP) is 5.10. The van der Waals surface area contributed by atoms with Crippen LogP contribution >= 0.6 is 0 Å². The standard InChI is InChI=1S/C18H31NO/c1-4-6-7-8-11-15-20-18-13-10-9-12-17(18)16(3)19-14-5-2/h9-10,12-13,16,19H,4-8,11,14-15H2,1-3H3. The summed E-state index contributed by atoms with van der Waals surface area (Å²) in [6, 6.07) is 8.76. The number of unbranched alkanes of at least 4 members (excludes halogenated alkanes) is 4. The second-order valence-corrected chi connectivity index (χ2v) is 5.48. The molecule has 0 fully saturated rings. The summed E-state index contributed by atoms with van der Waals surface area (Å²) in [6.07, 6.45) is 7.56. The third-order valence-corrected chi connectivity index (χ3v) is 3.59. The molecule has 1 aromatic rings. The predicted molar refractivity (Wildman–Crippen MR) is 87.4 cm³/mol. The fourth-order valence-electron chi connectivity index (χ4n) is 2.33. The minimum absolute atomic E-state index is 0.353. The van der Waals surface area contributed by atoms with Crippen LogP contribution in [0.2, 0.25) is 0 Å². The molecule has 114 valence electrons. The van der Waals surface area contributed by atoms with Crippen molar-refractivity contribution in [3.63, 3.8) is 0 Å². The summed E-state index contributed by atoms with van der Waals surface area (Å²) in [5, 5.41) is 3.53. The van der Waals surface area contributed by atoms with E-state index >= 15 is 0 Å². The highest BCUT2D eigenvalue weighted by Crippen LogP contribution is 2.25. The molecule has 1 N–H and O–H groups in total. The lowest BCUT2D eigenvalue weighted by Gasteiger charge is -2.18. The van der Waals surface area contributed by atoms with Crippen molar-refractivity contribution >= 4 is 0 Å². The first-order valence-electron chi connectivity index (χ1n) is 8.24. The molecule has 20 heavy (non-hydrogen) atoms. The molecule has 0 spiro atoms. The molecule has 0 heterocycles. The highest BCUT2D eigenvalue weighted by Gasteiger charge is 2.10. The smallest absolute Gasteiger partial charge is 0.124 e. The Morgan fingerprint density at radius 3 is 2.50 bits per heavy atom. The Morgan fingerprint density at radius 2 is 1.75 bits per heavy atom. The Balaban J connectivity index is 2.40. The van der Waals surface area contributed by atoms with E-state index in [0.29, 0.717) is 6.04 Å². The van der Waals surface area contributed by atoms with Gasteiger partial charge in [-0.1, -0.05) is 57.7 Å². The van der Waals surface area contributed by atoms with Gasteiger partial charge in [-0.2, -0.15) is 0 Å². The SMILES string of the molecule is CCCCCCCOc1ccccc1C(C)NCCC. The summed E-state index contributed by atoms with van der Waals surface area (Å²) >= 11 is 0. The zero-order valence-corrected chi connectivity index (χ0v) is 13.5. The first kappa shape index (κ1) is 17.0. The van der Waals surface area contributed by atoms with Gasteiger partial charge < -0.3 is 10.1 Å². The fourth-order valence-corrected chi connectivity index (χ4v) is 2.33. The Hall–Kier alpha value is -1.02. The van der Waals surface area contributed by atoms with Gasteiger partial charge in [0.05, 0.1) is 6.61 Å². The Bertz CT molecular complexity index is 351. The summed E-state index contributed by atoms with van der Waals surface area (Å²) in [6.45, 7) is 8.53. The molecule has 0 bridgehead atoms. The summed E-state index contributed by atoms with van der Waals surface area (Å²) in [5.74, 6) is 1.04. The molecule has 0 saturated carbocycles. The Morgan fingerprint density at radius 1 is 1.00 bits per heavy atom. The van der Waals surface area contributed by atoms with Crippen molar-refractivity contribution in [2.75, 3.05) is 13.2 Å². The van der Waals surface area contributed by atoms with Crippen molar-refractivity contribution in [1.82, 2.24) is 5.32 Å². The van der Waals surface area contributed by atoms with Gasteiger partial charge in [0, 0.05) is 11.6 Å². The van der Waals surface area contributed by atoms with Crippen molar-refractivity contribution in [2.45, 2.75) is 65.3 Å². The first-order valence-corrected chi connectivity index (χ1v) is 8.24. The third-order valence-electron chi connectivity index (χ3n) is 3.59. The molecule has 1 rings (SSSR count). The van der Waals surface area contributed by atoms with Gasteiger partial charge in [-0.3, -0.25) is 0 Å². The van der Waals surface area contributed by atoms with Crippen LogP contribution < -0.4 is 10.1 Å². The second-order valence-electron chi connectivity index (χ2n) is 5.48. The summed E-state index contributed by atoms with van der Waals surface area (Å²) < 4.78 is 5.98. The average molecular weight is 277 g/mol. The van der Waals surface area contributed by atoms with E-state index in [1.165, 1.54) is 31.2 Å². The van der Waals surface area contributed by atoms with Gasteiger partial charge in [0.15, 0.2) is 0 Å². The van der Waals surface area contributed by atoms with E-state index in [-0.39, 0.29) is 0 Å². The second kappa shape index (κ2) is 10.7. The highest BCUT2D eigenvalue weighted by atomic mass is 16.5. The molecule has 0 amide bonds. The van der Waals surface area contributed by atoms with E-state index < -0.39 is 0 Å². The van der Waals surface area contributed by atoms with E-state index in [1.54, 1.807) is 0 Å². The minimum Gasteiger partial charge on any atom is -0.493 e. The van der Waals surface area contributed by atoms with Gasteiger partial charge in [-0.15, -0.1) is 0 Å². The van der Waals surface area contributed by atoms with E-state index in [0.717, 1.165) is 31.7 Å². The molecule has 1 atom stereocenters. The van der Waals surface area contributed by atoms with Crippen molar-refractivity contribution < 1.29 is 4.74 Å². The maximum atomic E-state index is 5.98. The molecular formula is C18H31NO. The monoisotopic (exact) mass is 277 g/mol. The van der Waals surface area contributed by atoms with Gasteiger partial charge in [-0.25, -0.2) is 0 Å². The molecule has 2 heteroatoms. The summed E-state index contributed by atoms with van der Waals surface area (Å²) in [4.78, 5) is 0. The van der Waals surface area contributed by atoms with Crippen molar-refractivity contribution in [2.24, 2.45) is 0 Å². The van der Waals surface area contributed by atoms with Crippen LogP contribution in [0, 0.1) is 0 Å². The molecule has 2 nitrogen and oxygen atoms in total. The highest BCUT2D eigenvalue weighted by molar-refractivity contribution is 5.35. The number of hydrogen-bond acceptors (Lipinski definition) is 2. The van der Waals surface area contributed by atoms with Crippen LogP contribution in [-0.2, 0) is 0 Å². The normalized spacial score (nSPS) is 12.3. The maximum Gasteiger partial charge on any atom is 0.124 e. The molecule has 0 aliphatic carbocycles. The van der Waals surface area contributed by atoms with Crippen molar-refractivity contribution in [3.05, 3.63) is 29.8 Å². The zero-order chi connectivity index (χ0) is 14.6. The van der Waals surface area contributed by atoms with Gasteiger partial charge in [0.2, 0.25) is 0 Å². The van der Waals surface area contributed by atoms with E-state index in [1.807, 2.05) is 0 Å². The van der Waals surface area contributed by atoms with Crippen LogP contribution in [-0.4, -0.2) is 13.2 Å². The molecule has 0 aliphatic heterocycles. The summed E-state index contributed by atoms with van der Waals surface area (Å²) in [5.41, 5.74) is 1.27. The molecule has 0 aliphatic rings. The zero-order valence-electron chi connectivity index (χ0n) is 13.5. The topological polar surface area (TPSA) is 21.3 Å². The van der Waals surface area contributed by atoms with E-state index in [2.05, 4.69) is 50.4 Å². The van der Waals surface area contributed by atoms with Gasteiger partial charge in [0.1, 0.15) is 5.75 Å². The van der Waals surface area contributed by atoms with Crippen LogP contribution in [0.1, 0.15) is 70.9 Å². The maximum absolute atomic E-state index is 5.98. The lowest BCUT2D eigenvalue weighted by molar-refractivity contribution is 0.298. The molecule has 1 aromatic carbocycles. The van der Waals surface area contributed by atoms with Crippen molar-refractivity contribution in [3.8, 4) is 5.75 Å². The number of ether oxygens (including phenoxy) is 1. The van der Waals surface area contributed by atoms with Gasteiger partial charge in [0.25, 0.3) is 0 Å². The Kier molecular flexibility index (Phi) is 9.14. The largest absolute Gasteiger partial charge is 0.493 e. The van der Waals surface area contributed by atoms with Crippen LogP contribution in [0.5, 0.6) is 5.75 Å². The third kappa shape index (κ3) is 6.42. The number of para-hydroxylation sites is 1. The minimum atomic E-state index is 0.353. The Labute approximate surface area is 124 Å². The number of rotatable bonds is 11. The lowest BCUT2D eigenvalue weighted by Crippen LogP contribution is -2.20. The number of benzene rings is 1. The molecule has 1 unspecified atom stereocenters. The average Bonchev–Trinajstić information content (AvgIpc) is 2.48. The van der Waals surface area contributed by atoms with Crippen LogP contribution in [0.4, 0.5) is 0 Å². The van der Waals surface area contributed by atoms with Crippen molar-refractivity contribution in [1.29, 1.82) is 0 Å². The van der Waals surface area contributed by atoms with E-state index in [4.69, 9.17) is 4.74 Å². The van der Waals surface area contributed by atoms with Crippen LogP contribution in [0.15, 0.2) is 24.3 Å². The molecule has 0 saturated heterocycles. The van der Waals surface area contributed by atoms with Gasteiger partial charge in [-0.05, 0) is 32.4 Å². The van der Waals surface area contributed by atoms with E-state index in [9.17, 15) is 0 Å². The van der Waals surface area contributed by atoms with Crippen LogP contribution in [0.25, 0.3) is 0 Å². The quantitative estimate of drug-likeness (QED) is 0.568. The van der Waals surface area contributed by atoms with Gasteiger partial charge >= 0.3 is 0 Å². The molecule has 0 aromatic heterocycles. The first-order chi connectivity index (χ1) is 9.79. The number of nitrogens with one attached hydrogen (secondary N) is 1. The van der Waals surface area contributed by atoms with Crippen LogP contribution in [0.3, 0.4) is 0 Å². The molecule has 0 radical (unpaired) electrons. The fraction of sp³-hybridized carbons (Fsp3) is 0.667. The lowest BCUT2D eigenvalue weighted by atomic mass is 10.1.